The number of nitrogens with zero attached hydrogens (tertiary/aromatic N) is 1. The molecular weight excluding hydrogens is 391 g/mol. The average Bonchev–Trinajstić information content (AvgIpc) is 3.01. The van der Waals surface area contributed by atoms with E-state index >= 15 is 0 Å². The van der Waals surface area contributed by atoms with E-state index in [0.717, 1.165) is 22.2 Å². The molecule has 1 amide bonds. The van der Waals surface area contributed by atoms with E-state index in [1.165, 1.54) is 0 Å². The Labute approximate surface area is 195 Å². The second-order valence-corrected chi connectivity index (χ2v) is 6.95. The summed E-state index contributed by atoms with van der Waals surface area (Å²) in [7, 11) is 0. The van der Waals surface area contributed by atoms with Gasteiger partial charge in [0.05, 0.1) is 22.4 Å². The third kappa shape index (κ3) is 4.07. The maximum Gasteiger partial charge on any atom is 1.00 e. The predicted molar refractivity (Wildman–Crippen MR) is 109 cm³/mol. The maximum absolute atomic E-state index is 12.1. The maximum atomic E-state index is 12.1. The van der Waals surface area contributed by atoms with Gasteiger partial charge in [0.1, 0.15) is 12.4 Å². The van der Waals surface area contributed by atoms with Crippen LogP contribution < -0.4 is 45.1 Å². The van der Waals surface area contributed by atoms with Crippen molar-refractivity contribution >= 4 is 33.7 Å². The monoisotopic (exact) mass is 410 g/mol. The molecule has 4 rings (SSSR count). The van der Waals surface area contributed by atoms with Gasteiger partial charge in [-0.3, -0.25) is 4.79 Å². The molecule has 3 aromatic carbocycles. The Kier molecular flexibility index (Phi) is 6.51. The van der Waals surface area contributed by atoms with Crippen LogP contribution in [0.3, 0.4) is 0 Å². The van der Waals surface area contributed by atoms with Crippen molar-refractivity contribution in [2.75, 3.05) is 6.61 Å². The zero-order valence-corrected chi connectivity index (χ0v) is 18.8. The molecule has 7 heteroatoms. The molecule has 6 nitrogen and oxygen atoms in total. The standard InChI is InChI=1S/C23H20N2O4.Na/c1-14-5-2-6-15(11-14)12-25-17-8-3-7-16(23(24)28)21(17)22-18(25)9-4-10-19(22)29-13-20(26)27;/h2-11H,12-13H2,1H3,(H2,24,28)(H,26,27);/q;+1/p-1. The fourth-order valence-electron chi connectivity index (χ4n) is 3.78. The number of hydrogen-bond acceptors (Lipinski definition) is 4. The van der Waals surface area contributed by atoms with Crippen LogP contribution in [0.2, 0.25) is 0 Å². The van der Waals surface area contributed by atoms with Gasteiger partial charge in [0.15, 0.2) is 0 Å². The minimum Gasteiger partial charge on any atom is -0.546 e. The Balaban J connectivity index is 0.00000256. The molecule has 0 aliphatic rings. The number of benzene rings is 3. The third-order valence-corrected chi connectivity index (χ3v) is 4.91. The van der Waals surface area contributed by atoms with Gasteiger partial charge in [-0.15, -0.1) is 0 Å². The molecule has 2 N–H and O–H groups in total. The minimum absolute atomic E-state index is 0. The van der Waals surface area contributed by atoms with Gasteiger partial charge in [0.25, 0.3) is 0 Å². The van der Waals surface area contributed by atoms with Crippen LogP contribution in [0, 0.1) is 6.92 Å². The summed E-state index contributed by atoms with van der Waals surface area (Å²) < 4.78 is 7.56. The van der Waals surface area contributed by atoms with Gasteiger partial charge in [-0.2, -0.15) is 0 Å². The molecule has 0 saturated heterocycles. The Morgan fingerprint density at radius 2 is 1.67 bits per heavy atom. The Morgan fingerprint density at radius 1 is 1.00 bits per heavy atom. The molecule has 0 bridgehead atoms. The third-order valence-electron chi connectivity index (χ3n) is 4.91. The first kappa shape index (κ1) is 21.9. The van der Waals surface area contributed by atoms with Crippen molar-refractivity contribution in [1.29, 1.82) is 0 Å². The number of ether oxygens (including phenoxy) is 1. The number of rotatable bonds is 6. The van der Waals surface area contributed by atoms with Crippen molar-refractivity contribution in [3.05, 3.63) is 77.4 Å². The smallest absolute Gasteiger partial charge is 0.546 e. The van der Waals surface area contributed by atoms with E-state index in [1.54, 1.807) is 24.3 Å². The quantitative estimate of drug-likeness (QED) is 0.429. The number of nitrogens with two attached hydrogens (primary N) is 1. The van der Waals surface area contributed by atoms with Crippen molar-refractivity contribution in [3.8, 4) is 5.75 Å². The molecule has 0 atom stereocenters. The summed E-state index contributed by atoms with van der Waals surface area (Å²) in [6.45, 7) is 2.03. The summed E-state index contributed by atoms with van der Waals surface area (Å²) >= 11 is 0. The number of carbonyl (C=O) groups is 2. The first-order chi connectivity index (χ1) is 14.0. The topological polar surface area (TPSA) is 97.4 Å². The summed E-state index contributed by atoms with van der Waals surface area (Å²) in [5.41, 5.74) is 9.90. The molecule has 4 aromatic rings. The van der Waals surface area contributed by atoms with E-state index in [0.29, 0.717) is 28.6 Å². The number of carboxylic acids is 1. The number of carbonyl (C=O) groups excluding carboxylic acids is 2. The second-order valence-electron chi connectivity index (χ2n) is 6.95. The van der Waals surface area contributed by atoms with Crippen LogP contribution in [-0.4, -0.2) is 23.1 Å². The number of hydrogen-bond donors (Lipinski definition) is 1. The van der Waals surface area contributed by atoms with Crippen LogP contribution in [0.1, 0.15) is 21.5 Å². The molecular formula is C23H19N2NaO4. The SMILES string of the molecule is Cc1cccc(Cn2c3cccc(OCC(=O)[O-])c3c3c(C(N)=O)cccc32)c1.[Na+]. The number of aromatic nitrogens is 1. The summed E-state index contributed by atoms with van der Waals surface area (Å²) in [5, 5.41) is 12.2. The molecule has 1 aromatic heterocycles. The number of fused-ring (bicyclic) bond motifs is 3. The van der Waals surface area contributed by atoms with Gasteiger partial charge in [0.2, 0.25) is 5.91 Å². The predicted octanol–water partition coefficient (Wildman–Crippen LogP) is -0.617. The van der Waals surface area contributed by atoms with Gasteiger partial charge in [0, 0.05) is 17.5 Å². The summed E-state index contributed by atoms with van der Waals surface area (Å²) in [5.74, 6) is -1.51. The summed E-state index contributed by atoms with van der Waals surface area (Å²) in [6, 6.07) is 18.9. The number of primary amides is 1. The van der Waals surface area contributed by atoms with Crippen molar-refractivity contribution < 1.29 is 49.0 Å². The molecule has 0 aliphatic carbocycles. The fraction of sp³-hybridized carbons (Fsp3) is 0.130. The van der Waals surface area contributed by atoms with E-state index in [1.807, 2.05) is 37.3 Å². The van der Waals surface area contributed by atoms with Crippen molar-refractivity contribution in [3.63, 3.8) is 0 Å². The van der Waals surface area contributed by atoms with Crippen molar-refractivity contribution in [2.45, 2.75) is 13.5 Å². The normalized spacial score (nSPS) is 10.7. The summed E-state index contributed by atoms with van der Waals surface area (Å²) in [4.78, 5) is 23.0. The Bertz CT molecular complexity index is 1260. The molecule has 0 radical (unpaired) electrons. The van der Waals surface area contributed by atoms with Crippen LogP contribution >= 0.6 is 0 Å². The van der Waals surface area contributed by atoms with Gasteiger partial charge in [-0.05, 0) is 36.8 Å². The van der Waals surface area contributed by atoms with Crippen LogP contribution in [0.25, 0.3) is 21.8 Å². The first-order valence-electron chi connectivity index (χ1n) is 9.17. The average molecular weight is 410 g/mol. The molecule has 0 saturated carbocycles. The molecule has 146 valence electrons. The number of aryl methyl sites for hydroxylation is 1. The molecule has 0 spiro atoms. The van der Waals surface area contributed by atoms with Gasteiger partial charge in [-0.1, -0.05) is 42.0 Å². The van der Waals surface area contributed by atoms with E-state index in [9.17, 15) is 14.7 Å². The molecule has 0 fully saturated rings. The first-order valence-corrected chi connectivity index (χ1v) is 9.17. The van der Waals surface area contributed by atoms with E-state index in [4.69, 9.17) is 10.5 Å². The molecule has 30 heavy (non-hydrogen) atoms. The molecule has 0 unspecified atom stereocenters. The molecule has 0 aliphatic heterocycles. The fourth-order valence-corrected chi connectivity index (χ4v) is 3.78. The zero-order valence-electron chi connectivity index (χ0n) is 16.8. The van der Waals surface area contributed by atoms with Crippen LogP contribution in [-0.2, 0) is 11.3 Å². The number of aliphatic carboxylic acids is 1. The van der Waals surface area contributed by atoms with Crippen molar-refractivity contribution in [2.24, 2.45) is 5.73 Å². The van der Waals surface area contributed by atoms with Gasteiger partial charge < -0.3 is 24.9 Å². The summed E-state index contributed by atoms with van der Waals surface area (Å²) in [6.07, 6.45) is 0. The molecule has 1 heterocycles. The number of amides is 1. The zero-order chi connectivity index (χ0) is 20.5. The Hall–Kier alpha value is -2.80. The van der Waals surface area contributed by atoms with Crippen LogP contribution in [0.5, 0.6) is 5.75 Å². The van der Waals surface area contributed by atoms with Crippen molar-refractivity contribution in [1.82, 2.24) is 4.57 Å². The Morgan fingerprint density at radius 3 is 2.33 bits per heavy atom. The minimum atomic E-state index is -1.32. The van der Waals surface area contributed by atoms with Gasteiger partial charge >= 0.3 is 29.6 Å². The second kappa shape index (κ2) is 8.92. The van der Waals surface area contributed by atoms with E-state index in [2.05, 4.69) is 10.6 Å². The van der Waals surface area contributed by atoms with E-state index < -0.39 is 18.5 Å². The van der Waals surface area contributed by atoms with Gasteiger partial charge in [-0.25, -0.2) is 0 Å². The van der Waals surface area contributed by atoms with Crippen LogP contribution in [0.15, 0.2) is 60.7 Å². The number of carboxylic acid groups (broad SMARTS) is 1. The van der Waals surface area contributed by atoms with E-state index in [-0.39, 0.29) is 29.6 Å². The largest absolute Gasteiger partial charge is 1.00 e. The van der Waals surface area contributed by atoms with Crippen LogP contribution in [0.4, 0.5) is 0 Å².